The molecule has 0 fully saturated rings. The molecule has 5 nitrogen and oxygen atoms in total. The van der Waals surface area contributed by atoms with Gasteiger partial charge in [0.1, 0.15) is 18.2 Å². The fraction of sp³-hybridized carbons (Fsp3) is 0.185. The largest absolute Gasteiger partial charge is 0.490 e. The molecule has 0 aliphatic rings. The third kappa shape index (κ3) is 6.72. The molecule has 0 unspecified atom stereocenters. The van der Waals surface area contributed by atoms with Crippen LogP contribution in [0.2, 0.25) is 0 Å². The lowest BCUT2D eigenvalue weighted by atomic mass is 10.1. The number of nitrogens with one attached hydrogen (secondary N) is 1. The standard InChI is InChI=1S/C27H24Br2N2O3/c1-4-33-25-14-20(13-23(29)26(25)34-16-19-7-9-22(28)10-8-19)12-21(15-30)27(32)31-24-11-17(2)5-6-18(24)3/h5-14H,4,16H2,1-3H3,(H,31,32)/b21-12-. The molecule has 0 radical (unpaired) electrons. The van der Waals surface area contributed by atoms with Crippen LogP contribution in [0.15, 0.2) is 69.1 Å². The number of hydrogen-bond acceptors (Lipinski definition) is 4. The minimum atomic E-state index is -0.471. The number of nitriles is 1. The van der Waals surface area contributed by atoms with Crippen molar-refractivity contribution in [3.63, 3.8) is 0 Å². The van der Waals surface area contributed by atoms with Gasteiger partial charge < -0.3 is 14.8 Å². The van der Waals surface area contributed by atoms with Gasteiger partial charge in [0.25, 0.3) is 5.91 Å². The molecule has 0 spiro atoms. The molecule has 0 atom stereocenters. The Hall–Kier alpha value is -3.08. The molecular weight excluding hydrogens is 560 g/mol. The fourth-order valence-electron chi connectivity index (χ4n) is 3.19. The summed E-state index contributed by atoms with van der Waals surface area (Å²) in [7, 11) is 0. The Morgan fingerprint density at radius 2 is 1.79 bits per heavy atom. The molecule has 1 N–H and O–H groups in total. The maximum atomic E-state index is 12.8. The van der Waals surface area contributed by atoms with E-state index in [1.165, 1.54) is 6.08 Å². The fourth-order valence-corrected chi connectivity index (χ4v) is 4.02. The van der Waals surface area contributed by atoms with Gasteiger partial charge in [-0.2, -0.15) is 5.26 Å². The summed E-state index contributed by atoms with van der Waals surface area (Å²) in [6, 6.07) is 19.2. The number of anilines is 1. The predicted octanol–water partition coefficient (Wildman–Crippen LogP) is 7.35. The van der Waals surface area contributed by atoms with Crippen LogP contribution in [-0.4, -0.2) is 12.5 Å². The Kier molecular flexibility index (Phi) is 8.91. The number of halogens is 2. The predicted molar refractivity (Wildman–Crippen MR) is 142 cm³/mol. The Bertz CT molecular complexity index is 1260. The smallest absolute Gasteiger partial charge is 0.266 e. The van der Waals surface area contributed by atoms with Gasteiger partial charge in [-0.05, 0) is 95.4 Å². The Morgan fingerprint density at radius 3 is 2.47 bits per heavy atom. The van der Waals surface area contributed by atoms with Crippen LogP contribution in [-0.2, 0) is 11.4 Å². The zero-order valence-corrected chi connectivity index (χ0v) is 22.3. The van der Waals surface area contributed by atoms with Crippen LogP contribution in [0, 0.1) is 25.2 Å². The van der Waals surface area contributed by atoms with E-state index in [9.17, 15) is 10.1 Å². The quantitative estimate of drug-likeness (QED) is 0.222. The molecule has 3 aromatic rings. The third-order valence-corrected chi connectivity index (χ3v) is 6.06. The molecule has 3 aromatic carbocycles. The number of nitrogens with zero attached hydrogens (tertiary/aromatic N) is 1. The first-order valence-corrected chi connectivity index (χ1v) is 12.2. The summed E-state index contributed by atoms with van der Waals surface area (Å²) in [5, 5.41) is 12.5. The van der Waals surface area contributed by atoms with Crippen molar-refractivity contribution < 1.29 is 14.3 Å². The van der Waals surface area contributed by atoms with E-state index in [-0.39, 0.29) is 5.57 Å². The van der Waals surface area contributed by atoms with Crippen molar-refractivity contribution in [2.24, 2.45) is 0 Å². The lowest BCUT2D eigenvalue weighted by molar-refractivity contribution is -0.112. The van der Waals surface area contributed by atoms with Crippen molar-refractivity contribution in [1.82, 2.24) is 0 Å². The average molecular weight is 584 g/mol. The molecule has 0 heterocycles. The highest BCUT2D eigenvalue weighted by Gasteiger charge is 2.15. The van der Waals surface area contributed by atoms with Crippen LogP contribution in [0.1, 0.15) is 29.2 Å². The first-order chi connectivity index (χ1) is 16.3. The van der Waals surface area contributed by atoms with E-state index in [0.29, 0.717) is 40.4 Å². The summed E-state index contributed by atoms with van der Waals surface area (Å²) in [6.45, 7) is 6.54. The summed E-state index contributed by atoms with van der Waals surface area (Å²) in [6.07, 6.45) is 1.53. The lowest BCUT2D eigenvalue weighted by Gasteiger charge is -2.15. The zero-order chi connectivity index (χ0) is 24.7. The third-order valence-electron chi connectivity index (χ3n) is 4.95. The van der Waals surface area contributed by atoms with Crippen molar-refractivity contribution in [2.45, 2.75) is 27.4 Å². The lowest BCUT2D eigenvalue weighted by Crippen LogP contribution is -2.14. The van der Waals surface area contributed by atoms with E-state index < -0.39 is 5.91 Å². The second-order valence-corrected chi connectivity index (χ2v) is 9.39. The normalized spacial score (nSPS) is 11.0. The van der Waals surface area contributed by atoms with Gasteiger partial charge in [0.2, 0.25) is 0 Å². The van der Waals surface area contributed by atoms with Gasteiger partial charge in [0.15, 0.2) is 11.5 Å². The number of aryl methyl sites for hydroxylation is 2. The molecule has 0 aromatic heterocycles. The highest BCUT2D eigenvalue weighted by molar-refractivity contribution is 9.10. The molecule has 3 rings (SSSR count). The minimum Gasteiger partial charge on any atom is -0.490 e. The Labute approximate surface area is 216 Å². The van der Waals surface area contributed by atoms with Crippen LogP contribution in [0.3, 0.4) is 0 Å². The average Bonchev–Trinajstić information content (AvgIpc) is 2.80. The van der Waals surface area contributed by atoms with Gasteiger partial charge in [-0.15, -0.1) is 0 Å². The minimum absolute atomic E-state index is 0.0150. The van der Waals surface area contributed by atoms with E-state index in [1.54, 1.807) is 12.1 Å². The SMILES string of the molecule is CCOc1cc(/C=C(/C#N)C(=O)Nc2cc(C)ccc2C)cc(Br)c1OCc1ccc(Br)cc1. The highest BCUT2D eigenvalue weighted by Crippen LogP contribution is 2.38. The van der Waals surface area contributed by atoms with Crippen molar-refractivity contribution in [1.29, 1.82) is 5.26 Å². The molecule has 7 heteroatoms. The van der Waals surface area contributed by atoms with Gasteiger partial charge in [-0.25, -0.2) is 0 Å². The maximum absolute atomic E-state index is 12.8. The topological polar surface area (TPSA) is 71.3 Å². The number of carbonyl (C=O) groups excluding carboxylic acids is 1. The molecule has 34 heavy (non-hydrogen) atoms. The summed E-state index contributed by atoms with van der Waals surface area (Å²) < 4.78 is 13.5. The molecule has 1 amide bonds. The molecular formula is C27H24Br2N2O3. The van der Waals surface area contributed by atoms with Gasteiger partial charge >= 0.3 is 0 Å². The maximum Gasteiger partial charge on any atom is 0.266 e. The molecule has 0 bridgehead atoms. The van der Waals surface area contributed by atoms with E-state index in [1.807, 2.05) is 69.3 Å². The number of rotatable bonds is 8. The van der Waals surface area contributed by atoms with Crippen LogP contribution in [0.5, 0.6) is 11.5 Å². The molecule has 0 saturated heterocycles. The summed E-state index contributed by atoms with van der Waals surface area (Å²) in [5.74, 6) is 0.605. The van der Waals surface area contributed by atoms with Crippen LogP contribution in [0.4, 0.5) is 5.69 Å². The molecule has 0 saturated carbocycles. The van der Waals surface area contributed by atoms with Gasteiger partial charge in [0.05, 0.1) is 11.1 Å². The number of hydrogen-bond donors (Lipinski definition) is 1. The van der Waals surface area contributed by atoms with Crippen LogP contribution in [0.25, 0.3) is 6.08 Å². The van der Waals surface area contributed by atoms with Gasteiger partial charge in [-0.1, -0.05) is 40.2 Å². The van der Waals surface area contributed by atoms with E-state index in [0.717, 1.165) is 21.2 Å². The van der Waals surface area contributed by atoms with Crippen molar-refractivity contribution in [3.05, 3.63) is 91.4 Å². The van der Waals surface area contributed by atoms with Crippen LogP contribution >= 0.6 is 31.9 Å². The second-order valence-electron chi connectivity index (χ2n) is 7.62. The zero-order valence-electron chi connectivity index (χ0n) is 19.1. The van der Waals surface area contributed by atoms with Crippen LogP contribution < -0.4 is 14.8 Å². The van der Waals surface area contributed by atoms with Crippen molar-refractivity contribution in [2.75, 3.05) is 11.9 Å². The monoisotopic (exact) mass is 582 g/mol. The second kappa shape index (κ2) is 11.9. The first kappa shape index (κ1) is 25.5. The summed E-state index contributed by atoms with van der Waals surface area (Å²) in [5.41, 5.74) is 4.26. The summed E-state index contributed by atoms with van der Waals surface area (Å²) >= 11 is 6.98. The number of benzene rings is 3. The Balaban J connectivity index is 1.85. The number of ether oxygens (including phenoxy) is 2. The highest BCUT2D eigenvalue weighted by atomic mass is 79.9. The van der Waals surface area contributed by atoms with Crippen molar-refractivity contribution in [3.8, 4) is 17.6 Å². The number of amides is 1. The van der Waals surface area contributed by atoms with Gasteiger partial charge in [0, 0.05) is 10.2 Å². The van der Waals surface area contributed by atoms with Crippen molar-refractivity contribution >= 4 is 49.5 Å². The molecule has 0 aliphatic heterocycles. The van der Waals surface area contributed by atoms with Gasteiger partial charge in [-0.3, -0.25) is 4.79 Å². The van der Waals surface area contributed by atoms with E-state index >= 15 is 0 Å². The molecule has 0 aliphatic carbocycles. The number of carbonyl (C=O) groups is 1. The van der Waals surface area contributed by atoms with E-state index in [2.05, 4.69) is 37.2 Å². The first-order valence-electron chi connectivity index (χ1n) is 10.6. The summed E-state index contributed by atoms with van der Waals surface area (Å²) in [4.78, 5) is 12.8. The van der Waals surface area contributed by atoms with E-state index in [4.69, 9.17) is 9.47 Å². The Morgan fingerprint density at radius 1 is 1.06 bits per heavy atom. The molecule has 174 valence electrons.